The van der Waals surface area contributed by atoms with E-state index in [1.807, 2.05) is 31.2 Å². The Labute approximate surface area is 201 Å². The van der Waals surface area contributed by atoms with Crippen LogP contribution in [-0.4, -0.2) is 39.9 Å². The summed E-state index contributed by atoms with van der Waals surface area (Å²) in [6.07, 6.45) is 0. The topological polar surface area (TPSA) is 109 Å². The van der Waals surface area contributed by atoms with Crippen molar-refractivity contribution in [2.45, 2.75) is 12.1 Å². The summed E-state index contributed by atoms with van der Waals surface area (Å²) in [5.74, 6) is 0.838. The number of hydrogen-bond acceptors (Lipinski definition) is 6. The standard InChI is InChI=1S/C25H23N5O3S/c1-16-7-9-17(10-8-16)23-28-25(30-29-23)34-15-22(31)27-21-6-4-3-5-20(21)24(32)26-18-11-13-19(33-2)14-12-18/h3-14H,15H2,1-2H3,(H,26,32)(H,27,31)(H,28,29,30). The zero-order valence-corrected chi connectivity index (χ0v) is 19.5. The largest absolute Gasteiger partial charge is 0.497 e. The molecule has 4 rings (SSSR count). The first-order chi connectivity index (χ1) is 16.5. The lowest BCUT2D eigenvalue weighted by atomic mass is 10.1. The molecule has 34 heavy (non-hydrogen) atoms. The van der Waals surface area contributed by atoms with Gasteiger partial charge in [-0.1, -0.05) is 53.7 Å². The maximum Gasteiger partial charge on any atom is 0.257 e. The highest BCUT2D eigenvalue weighted by molar-refractivity contribution is 7.99. The van der Waals surface area contributed by atoms with Crippen LogP contribution < -0.4 is 15.4 Å². The van der Waals surface area contributed by atoms with Crippen LogP contribution in [0.3, 0.4) is 0 Å². The number of nitrogens with zero attached hydrogens (tertiary/aromatic N) is 2. The molecule has 0 aliphatic rings. The lowest BCUT2D eigenvalue weighted by Gasteiger charge is -2.11. The first-order valence-electron chi connectivity index (χ1n) is 10.5. The third-order valence-corrected chi connectivity index (χ3v) is 5.76. The van der Waals surface area contributed by atoms with Crippen molar-refractivity contribution in [1.82, 2.24) is 15.2 Å². The monoisotopic (exact) mass is 473 g/mol. The fraction of sp³-hybridized carbons (Fsp3) is 0.120. The number of anilines is 2. The fourth-order valence-electron chi connectivity index (χ4n) is 3.13. The summed E-state index contributed by atoms with van der Waals surface area (Å²) in [5.41, 5.74) is 3.49. The number of nitrogens with one attached hydrogen (secondary N) is 3. The fourth-order valence-corrected chi connectivity index (χ4v) is 3.73. The van der Waals surface area contributed by atoms with E-state index in [2.05, 4.69) is 25.8 Å². The molecule has 0 aliphatic heterocycles. The summed E-state index contributed by atoms with van der Waals surface area (Å²) in [6, 6.07) is 21.8. The van der Waals surface area contributed by atoms with E-state index in [0.717, 1.165) is 11.1 Å². The number of aryl methyl sites for hydroxylation is 1. The third kappa shape index (κ3) is 5.81. The first kappa shape index (κ1) is 23.1. The van der Waals surface area contributed by atoms with Gasteiger partial charge in [-0.15, -0.1) is 5.10 Å². The van der Waals surface area contributed by atoms with Crippen molar-refractivity contribution >= 4 is 35.0 Å². The van der Waals surface area contributed by atoms with Gasteiger partial charge in [0.2, 0.25) is 11.1 Å². The molecular formula is C25H23N5O3S. The van der Waals surface area contributed by atoms with Crippen LogP contribution in [0, 0.1) is 6.92 Å². The predicted octanol–water partition coefficient (Wildman–Crippen LogP) is 4.77. The number of thioether (sulfide) groups is 1. The van der Waals surface area contributed by atoms with E-state index in [9.17, 15) is 9.59 Å². The smallest absolute Gasteiger partial charge is 0.257 e. The molecule has 0 unspecified atom stereocenters. The van der Waals surface area contributed by atoms with E-state index in [1.165, 1.54) is 11.8 Å². The number of H-pyrrole nitrogens is 1. The van der Waals surface area contributed by atoms with Crippen molar-refractivity contribution in [3.05, 3.63) is 83.9 Å². The summed E-state index contributed by atoms with van der Waals surface area (Å²) < 4.78 is 5.13. The molecule has 3 N–H and O–H groups in total. The second kappa shape index (κ2) is 10.7. The second-order valence-corrected chi connectivity index (χ2v) is 8.34. The molecule has 0 saturated heterocycles. The predicted molar refractivity (Wildman–Crippen MR) is 133 cm³/mol. The van der Waals surface area contributed by atoms with E-state index >= 15 is 0 Å². The molecule has 172 valence electrons. The normalized spacial score (nSPS) is 10.5. The number of hydrogen-bond donors (Lipinski definition) is 3. The third-order valence-electron chi connectivity index (χ3n) is 4.92. The van der Waals surface area contributed by atoms with Crippen LogP contribution in [0.1, 0.15) is 15.9 Å². The first-order valence-corrected chi connectivity index (χ1v) is 11.5. The van der Waals surface area contributed by atoms with Crippen molar-refractivity contribution < 1.29 is 14.3 Å². The SMILES string of the molecule is COc1ccc(NC(=O)c2ccccc2NC(=O)CSc2n[nH]c(-c3ccc(C)cc3)n2)cc1. The molecule has 1 heterocycles. The highest BCUT2D eigenvalue weighted by Gasteiger charge is 2.15. The van der Waals surface area contributed by atoms with Gasteiger partial charge in [-0.05, 0) is 43.3 Å². The Morgan fingerprint density at radius 1 is 0.971 bits per heavy atom. The minimum Gasteiger partial charge on any atom is -0.497 e. The Morgan fingerprint density at radius 3 is 2.44 bits per heavy atom. The number of benzene rings is 3. The van der Waals surface area contributed by atoms with Gasteiger partial charge in [-0.25, -0.2) is 4.98 Å². The number of para-hydroxylation sites is 1. The minimum absolute atomic E-state index is 0.0968. The molecule has 8 nitrogen and oxygen atoms in total. The summed E-state index contributed by atoms with van der Waals surface area (Å²) in [5, 5.41) is 13.2. The Bertz CT molecular complexity index is 1290. The maximum absolute atomic E-state index is 12.8. The summed E-state index contributed by atoms with van der Waals surface area (Å²) in [6.45, 7) is 2.02. The zero-order valence-electron chi connectivity index (χ0n) is 18.7. The molecule has 4 aromatic rings. The van der Waals surface area contributed by atoms with Gasteiger partial charge in [0.15, 0.2) is 5.82 Å². The van der Waals surface area contributed by atoms with E-state index in [-0.39, 0.29) is 17.6 Å². The average molecular weight is 474 g/mol. The molecule has 0 saturated carbocycles. The van der Waals surface area contributed by atoms with Crippen LogP contribution in [0.15, 0.2) is 78.0 Å². The van der Waals surface area contributed by atoms with Gasteiger partial charge in [0.25, 0.3) is 5.91 Å². The van der Waals surface area contributed by atoms with Gasteiger partial charge in [0.1, 0.15) is 5.75 Å². The Kier molecular flexibility index (Phi) is 7.24. The molecule has 9 heteroatoms. The molecule has 0 spiro atoms. The highest BCUT2D eigenvalue weighted by Crippen LogP contribution is 2.22. The van der Waals surface area contributed by atoms with Gasteiger partial charge < -0.3 is 15.4 Å². The lowest BCUT2D eigenvalue weighted by molar-refractivity contribution is -0.113. The summed E-state index contributed by atoms with van der Waals surface area (Å²) in [4.78, 5) is 29.8. The van der Waals surface area contributed by atoms with Gasteiger partial charge in [0, 0.05) is 11.3 Å². The molecule has 2 amide bonds. The van der Waals surface area contributed by atoms with Crippen LogP contribution in [0.25, 0.3) is 11.4 Å². The number of carbonyl (C=O) groups excluding carboxylic acids is 2. The molecule has 0 radical (unpaired) electrons. The molecule has 1 aromatic heterocycles. The van der Waals surface area contributed by atoms with Crippen LogP contribution in [0.4, 0.5) is 11.4 Å². The highest BCUT2D eigenvalue weighted by atomic mass is 32.2. The number of aromatic nitrogens is 3. The quantitative estimate of drug-likeness (QED) is 0.318. The second-order valence-electron chi connectivity index (χ2n) is 7.40. The zero-order chi connectivity index (χ0) is 23.9. The molecule has 0 atom stereocenters. The number of amides is 2. The van der Waals surface area contributed by atoms with Crippen molar-refractivity contribution in [1.29, 1.82) is 0 Å². The molecule has 0 fully saturated rings. The molecule has 0 bridgehead atoms. The molecular weight excluding hydrogens is 450 g/mol. The summed E-state index contributed by atoms with van der Waals surface area (Å²) >= 11 is 1.21. The van der Waals surface area contributed by atoms with Crippen LogP contribution in [-0.2, 0) is 4.79 Å². The Morgan fingerprint density at radius 2 is 1.71 bits per heavy atom. The number of carbonyl (C=O) groups is 2. The van der Waals surface area contributed by atoms with Crippen molar-refractivity contribution in [3.8, 4) is 17.1 Å². The van der Waals surface area contributed by atoms with Crippen molar-refractivity contribution in [2.75, 3.05) is 23.5 Å². The van der Waals surface area contributed by atoms with Gasteiger partial charge >= 0.3 is 0 Å². The number of methoxy groups -OCH3 is 1. The van der Waals surface area contributed by atoms with Gasteiger partial charge in [-0.3, -0.25) is 14.7 Å². The van der Waals surface area contributed by atoms with E-state index in [4.69, 9.17) is 4.74 Å². The lowest BCUT2D eigenvalue weighted by Crippen LogP contribution is -2.19. The Balaban J connectivity index is 1.36. The van der Waals surface area contributed by atoms with Crippen LogP contribution in [0.2, 0.25) is 0 Å². The van der Waals surface area contributed by atoms with Crippen molar-refractivity contribution in [2.24, 2.45) is 0 Å². The van der Waals surface area contributed by atoms with Gasteiger partial charge in [0.05, 0.1) is 24.1 Å². The average Bonchev–Trinajstić information content (AvgIpc) is 3.33. The van der Waals surface area contributed by atoms with Crippen LogP contribution >= 0.6 is 11.8 Å². The number of rotatable bonds is 8. The van der Waals surface area contributed by atoms with Gasteiger partial charge in [-0.2, -0.15) is 0 Å². The molecule has 3 aromatic carbocycles. The minimum atomic E-state index is -0.328. The van der Waals surface area contributed by atoms with Crippen LogP contribution in [0.5, 0.6) is 5.75 Å². The number of aromatic amines is 1. The number of ether oxygens (including phenoxy) is 1. The Hall–Kier alpha value is -4.11. The van der Waals surface area contributed by atoms with E-state index in [1.54, 1.807) is 55.6 Å². The van der Waals surface area contributed by atoms with E-state index < -0.39 is 0 Å². The maximum atomic E-state index is 12.8. The van der Waals surface area contributed by atoms with E-state index in [0.29, 0.717) is 33.7 Å². The molecule has 0 aliphatic carbocycles. The van der Waals surface area contributed by atoms with Crippen molar-refractivity contribution in [3.63, 3.8) is 0 Å². The summed E-state index contributed by atoms with van der Waals surface area (Å²) in [7, 11) is 1.58.